The van der Waals surface area contributed by atoms with Crippen LogP contribution in [0.1, 0.15) is 34.3 Å². The third kappa shape index (κ3) is 6.16. The highest BCUT2D eigenvalue weighted by molar-refractivity contribution is 14.0. The van der Waals surface area contributed by atoms with Crippen LogP contribution in [0.2, 0.25) is 0 Å². The third-order valence-electron chi connectivity index (χ3n) is 5.10. The highest BCUT2D eigenvalue weighted by Crippen LogP contribution is 2.48. The molecule has 0 heterocycles. The maximum absolute atomic E-state index is 14.1. The molecule has 2 aromatic rings. The van der Waals surface area contributed by atoms with Crippen LogP contribution < -0.4 is 16.0 Å². The zero-order valence-electron chi connectivity index (χ0n) is 16.8. The van der Waals surface area contributed by atoms with Crippen molar-refractivity contribution in [1.82, 2.24) is 16.0 Å². The number of hydrogen-bond acceptors (Lipinski definition) is 2. The summed E-state index contributed by atoms with van der Waals surface area (Å²) in [7, 11) is 1.70. The predicted octanol–water partition coefficient (Wildman–Crippen LogP) is 3.38. The number of carbonyl (C=O) groups excluding carboxylic acids is 1. The van der Waals surface area contributed by atoms with Crippen LogP contribution in [-0.2, 0) is 5.41 Å². The van der Waals surface area contributed by atoms with Crippen LogP contribution in [0.15, 0.2) is 53.5 Å². The predicted molar refractivity (Wildman–Crippen MR) is 126 cm³/mol. The van der Waals surface area contributed by atoms with Gasteiger partial charge in [0.25, 0.3) is 5.91 Å². The van der Waals surface area contributed by atoms with Crippen LogP contribution in [0.25, 0.3) is 0 Å². The SMILES string of the molecule is CN=C(NCCNC(=O)c1cccc(C)c1)NCC1(c2ccccc2F)CC1.I. The van der Waals surface area contributed by atoms with Crippen LogP contribution in [0.4, 0.5) is 4.39 Å². The van der Waals surface area contributed by atoms with Crippen molar-refractivity contribution in [3.63, 3.8) is 0 Å². The van der Waals surface area contributed by atoms with Gasteiger partial charge in [-0.25, -0.2) is 4.39 Å². The lowest BCUT2D eigenvalue weighted by atomic mass is 9.95. The normalized spacial score (nSPS) is 14.5. The number of halogens is 2. The van der Waals surface area contributed by atoms with E-state index in [1.165, 1.54) is 6.07 Å². The molecule has 0 aliphatic heterocycles. The van der Waals surface area contributed by atoms with Crippen molar-refractivity contribution in [2.45, 2.75) is 25.2 Å². The van der Waals surface area contributed by atoms with E-state index < -0.39 is 0 Å². The maximum atomic E-state index is 14.1. The molecule has 0 spiro atoms. The monoisotopic (exact) mass is 510 g/mol. The molecule has 0 bridgehead atoms. The maximum Gasteiger partial charge on any atom is 0.251 e. The second kappa shape index (κ2) is 10.6. The Morgan fingerprint density at radius 1 is 1.07 bits per heavy atom. The van der Waals surface area contributed by atoms with Gasteiger partial charge in [0.2, 0.25) is 0 Å². The minimum absolute atomic E-state index is 0. The molecule has 0 saturated heterocycles. The Morgan fingerprint density at radius 2 is 1.79 bits per heavy atom. The van der Waals surface area contributed by atoms with E-state index in [0.29, 0.717) is 31.2 Å². The van der Waals surface area contributed by atoms with E-state index in [4.69, 9.17) is 0 Å². The fraction of sp³-hybridized carbons (Fsp3) is 0.364. The number of hydrogen-bond donors (Lipinski definition) is 3. The smallest absolute Gasteiger partial charge is 0.251 e. The molecule has 0 atom stereocenters. The van der Waals surface area contributed by atoms with Gasteiger partial charge in [-0.15, -0.1) is 24.0 Å². The lowest BCUT2D eigenvalue weighted by Gasteiger charge is -2.19. The van der Waals surface area contributed by atoms with Gasteiger partial charge in [0.1, 0.15) is 5.82 Å². The zero-order valence-corrected chi connectivity index (χ0v) is 19.1. The van der Waals surface area contributed by atoms with Gasteiger partial charge in [0, 0.05) is 37.7 Å². The molecule has 0 unspecified atom stereocenters. The van der Waals surface area contributed by atoms with E-state index in [9.17, 15) is 9.18 Å². The van der Waals surface area contributed by atoms with Crippen LogP contribution in [0.5, 0.6) is 0 Å². The molecule has 3 N–H and O–H groups in total. The standard InChI is InChI=1S/C22H27FN4O.HI/c1-16-6-5-7-17(14-16)20(28)25-12-13-26-21(24-2)27-15-22(10-11-22)18-8-3-4-9-19(18)23;/h3-9,14H,10-13,15H2,1-2H3,(H,25,28)(H2,24,26,27);1H. The third-order valence-corrected chi connectivity index (χ3v) is 5.10. The van der Waals surface area contributed by atoms with Gasteiger partial charge in [0.15, 0.2) is 5.96 Å². The number of aryl methyl sites for hydroxylation is 1. The summed E-state index contributed by atoms with van der Waals surface area (Å²) in [6.45, 7) is 3.61. The van der Waals surface area contributed by atoms with E-state index in [0.717, 1.165) is 24.0 Å². The number of nitrogens with zero attached hydrogens (tertiary/aromatic N) is 1. The molecule has 1 aliphatic rings. The number of aliphatic imine (C=N–C) groups is 1. The molecular weight excluding hydrogens is 482 g/mol. The van der Waals surface area contributed by atoms with Gasteiger partial charge in [0.05, 0.1) is 0 Å². The molecule has 1 amide bonds. The van der Waals surface area contributed by atoms with E-state index in [1.54, 1.807) is 19.2 Å². The fourth-order valence-corrected chi connectivity index (χ4v) is 3.30. The number of rotatable bonds is 7. The molecule has 0 radical (unpaired) electrons. The molecule has 1 fully saturated rings. The summed E-state index contributed by atoms with van der Waals surface area (Å²) in [4.78, 5) is 16.4. The van der Waals surface area contributed by atoms with Crippen LogP contribution >= 0.6 is 24.0 Å². The van der Waals surface area contributed by atoms with Crippen molar-refractivity contribution in [1.29, 1.82) is 0 Å². The van der Waals surface area contributed by atoms with Crippen molar-refractivity contribution < 1.29 is 9.18 Å². The molecule has 2 aromatic carbocycles. The van der Waals surface area contributed by atoms with Crippen LogP contribution in [-0.4, -0.2) is 38.5 Å². The summed E-state index contributed by atoms with van der Waals surface area (Å²) in [6, 6.07) is 14.5. The molecule has 29 heavy (non-hydrogen) atoms. The number of guanidine groups is 1. The molecule has 5 nitrogen and oxygen atoms in total. The van der Waals surface area contributed by atoms with Gasteiger partial charge in [-0.05, 0) is 43.5 Å². The highest BCUT2D eigenvalue weighted by Gasteiger charge is 2.45. The average Bonchev–Trinajstić information content (AvgIpc) is 3.48. The molecule has 3 rings (SSSR count). The van der Waals surface area contributed by atoms with E-state index in [2.05, 4.69) is 20.9 Å². The Hall–Kier alpha value is -2.16. The summed E-state index contributed by atoms with van der Waals surface area (Å²) < 4.78 is 14.1. The van der Waals surface area contributed by atoms with Gasteiger partial charge in [-0.3, -0.25) is 9.79 Å². The summed E-state index contributed by atoms with van der Waals surface area (Å²) in [6.07, 6.45) is 1.93. The number of carbonyl (C=O) groups is 1. The molecule has 1 saturated carbocycles. The molecule has 7 heteroatoms. The van der Waals surface area contributed by atoms with Gasteiger partial charge < -0.3 is 16.0 Å². The molecular formula is C22H28FIN4O. The zero-order chi connectivity index (χ0) is 20.0. The Bertz CT molecular complexity index is 867. The lowest BCUT2D eigenvalue weighted by molar-refractivity contribution is 0.0954. The van der Waals surface area contributed by atoms with E-state index in [-0.39, 0.29) is 41.1 Å². The van der Waals surface area contributed by atoms with E-state index in [1.807, 2.05) is 37.3 Å². The Kier molecular flexibility index (Phi) is 8.43. The molecule has 0 aromatic heterocycles. The van der Waals surface area contributed by atoms with E-state index >= 15 is 0 Å². The lowest BCUT2D eigenvalue weighted by Crippen LogP contribution is -2.44. The summed E-state index contributed by atoms with van der Waals surface area (Å²) in [5.74, 6) is 0.404. The quantitative estimate of drug-likeness (QED) is 0.232. The molecule has 1 aliphatic carbocycles. The topological polar surface area (TPSA) is 65.5 Å². The summed E-state index contributed by atoms with van der Waals surface area (Å²) >= 11 is 0. The Balaban J connectivity index is 0.00000300. The fourth-order valence-electron chi connectivity index (χ4n) is 3.30. The summed E-state index contributed by atoms with van der Waals surface area (Å²) in [5.41, 5.74) is 2.33. The van der Waals surface area contributed by atoms with Crippen molar-refractivity contribution in [3.05, 3.63) is 71.0 Å². The first-order valence-corrected chi connectivity index (χ1v) is 9.58. The number of nitrogens with one attached hydrogen (secondary N) is 3. The van der Waals surface area contributed by atoms with Crippen molar-refractivity contribution in [2.24, 2.45) is 4.99 Å². The average molecular weight is 510 g/mol. The Morgan fingerprint density at radius 3 is 2.45 bits per heavy atom. The van der Waals surface area contributed by atoms with Crippen LogP contribution in [0.3, 0.4) is 0 Å². The second-order valence-corrected chi connectivity index (χ2v) is 7.24. The van der Waals surface area contributed by atoms with Crippen molar-refractivity contribution in [2.75, 3.05) is 26.7 Å². The second-order valence-electron chi connectivity index (χ2n) is 7.24. The number of amides is 1. The highest BCUT2D eigenvalue weighted by atomic mass is 127. The summed E-state index contributed by atoms with van der Waals surface area (Å²) in [5, 5.41) is 9.36. The van der Waals surface area contributed by atoms with Crippen LogP contribution in [0, 0.1) is 12.7 Å². The van der Waals surface area contributed by atoms with Gasteiger partial charge >= 0.3 is 0 Å². The minimum Gasteiger partial charge on any atom is -0.356 e. The largest absolute Gasteiger partial charge is 0.356 e. The minimum atomic E-state index is -0.150. The number of benzene rings is 2. The first-order chi connectivity index (χ1) is 13.5. The first-order valence-electron chi connectivity index (χ1n) is 9.58. The molecule has 156 valence electrons. The van der Waals surface area contributed by atoms with Crippen molar-refractivity contribution in [3.8, 4) is 0 Å². The first kappa shape index (κ1) is 23.1. The van der Waals surface area contributed by atoms with Crippen molar-refractivity contribution >= 4 is 35.8 Å². The van der Waals surface area contributed by atoms with Gasteiger partial charge in [-0.1, -0.05) is 35.9 Å². The Labute approximate surface area is 188 Å². The van der Waals surface area contributed by atoms with Gasteiger partial charge in [-0.2, -0.15) is 0 Å².